The van der Waals surface area contributed by atoms with E-state index in [1.807, 2.05) is 25.8 Å². The zero-order valence-corrected chi connectivity index (χ0v) is 19.0. The molecule has 0 amide bonds. The molecule has 0 saturated carbocycles. The third kappa shape index (κ3) is 4.79. The lowest BCUT2D eigenvalue weighted by Gasteiger charge is -2.38. The van der Waals surface area contributed by atoms with Gasteiger partial charge in [-0.25, -0.2) is 14.2 Å². The number of halogens is 1. The monoisotopic (exact) mass is 441 g/mol. The summed E-state index contributed by atoms with van der Waals surface area (Å²) >= 11 is 0. The quantitative estimate of drug-likeness (QED) is 0.660. The molecule has 0 bridgehead atoms. The fourth-order valence-corrected chi connectivity index (χ4v) is 4.05. The normalized spacial score (nSPS) is 19.8. The molecule has 172 valence electrons. The molecule has 8 heteroatoms. The van der Waals surface area contributed by atoms with Gasteiger partial charge in [0, 0.05) is 49.2 Å². The van der Waals surface area contributed by atoms with E-state index in [2.05, 4.69) is 22.1 Å². The maximum absolute atomic E-state index is 14.4. The van der Waals surface area contributed by atoms with Crippen LogP contribution in [0.5, 0.6) is 0 Å². The van der Waals surface area contributed by atoms with E-state index in [0.717, 1.165) is 31.9 Å². The Kier molecular flexibility index (Phi) is 7.56. The van der Waals surface area contributed by atoms with E-state index in [1.165, 1.54) is 18.6 Å². The summed E-state index contributed by atoms with van der Waals surface area (Å²) in [7, 11) is 1.91. The Morgan fingerprint density at radius 3 is 2.72 bits per heavy atom. The number of guanidine groups is 1. The van der Waals surface area contributed by atoms with Crippen molar-refractivity contribution in [2.24, 2.45) is 4.99 Å². The van der Waals surface area contributed by atoms with Gasteiger partial charge in [0.2, 0.25) is 5.96 Å². The van der Waals surface area contributed by atoms with Crippen LogP contribution in [-0.4, -0.2) is 53.0 Å². The molecule has 1 aromatic carbocycles. The van der Waals surface area contributed by atoms with E-state index in [4.69, 9.17) is 4.99 Å². The van der Waals surface area contributed by atoms with E-state index in [-0.39, 0.29) is 12.4 Å². The van der Waals surface area contributed by atoms with Crippen LogP contribution in [-0.2, 0) is 11.3 Å². The second kappa shape index (κ2) is 10.3. The van der Waals surface area contributed by atoms with E-state index in [0.29, 0.717) is 28.2 Å². The minimum Gasteiger partial charge on any atom is -0.479 e. The predicted octanol–water partition coefficient (Wildman–Crippen LogP) is 3.79. The number of carboxylic acid groups (broad SMARTS) is 1. The van der Waals surface area contributed by atoms with Crippen LogP contribution in [0.15, 0.2) is 47.8 Å². The number of piperidine rings is 1. The first-order chi connectivity index (χ1) is 15.5. The number of benzene rings is 1. The number of allylic oxidation sites excluding steroid dienone is 2. The lowest BCUT2D eigenvalue weighted by atomic mass is 10.0. The van der Waals surface area contributed by atoms with Crippen LogP contribution < -0.4 is 10.6 Å². The topological polar surface area (TPSA) is 80.2 Å². The van der Waals surface area contributed by atoms with Gasteiger partial charge in [-0.3, -0.25) is 0 Å². The molecular weight excluding hydrogens is 409 g/mol. The molecule has 1 saturated heterocycles. The zero-order chi connectivity index (χ0) is 23.3. The number of nitrogens with one attached hydrogen (secondary N) is 2. The summed E-state index contributed by atoms with van der Waals surface area (Å²) in [5.74, 6) is -0.535. The van der Waals surface area contributed by atoms with Gasteiger partial charge in [0.25, 0.3) is 0 Å². The van der Waals surface area contributed by atoms with Crippen LogP contribution in [0, 0.1) is 5.82 Å². The first-order valence-corrected chi connectivity index (χ1v) is 11.1. The number of hydrogen-bond donors (Lipinski definition) is 3. The SMILES string of the molecule is C=C1c2cc(F)cc(CNC3=CC=CNC3C(=O)O)c2N=C(N2CCCCC2)N1C.CC. The molecule has 0 spiro atoms. The molecule has 0 aromatic heterocycles. The Labute approximate surface area is 189 Å². The van der Waals surface area contributed by atoms with E-state index in [1.54, 1.807) is 18.4 Å². The molecule has 1 aromatic rings. The van der Waals surface area contributed by atoms with Crippen LogP contribution in [0.2, 0.25) is 0 Å². The highest BCUT2D eigenvalue weighted by molar-refractivity contribution is 5.97. The summed E-state index contributed by atoms with van der Waals surface area (Å²) in [5, 5.41) is 15.3. The van der Waals surface area contributed by atoms with E-state index < -0.39 is 12.0 Å². The van der Waals surface area contributed by atoms with Crippen LogP contribution in [0.1, 0.15) is 44.2 Å². The summed E-state index contributed by atoms with van der Waals surface area (Å²) in [6.07, 6.45) is 8.48. The average molecular weight is 442 g/mol. The van der Waals surface area contributed by atoms with Gasteiger partial charge in [0.05, 0.1) is 5.69 Å². The molecule has 1 unspecified atom stereocenters. The number of likely N-dealkylation sites (tertiary alicyclic amines) is 1. The smallest absolute Gasteiger partial charge is 0.332 e. The Hall–Kier alpha value is -3.29. The van der Waals surface area contributed by atoms with Crippen molar-refractivity contribution in [1.82, 2.24) is 20.4 Å². The lowest BCUT2D eigenvalue weighted by molar-refractivity contribution is -0.138. The Balaban J connectivity index is 0.00000141. The molecule has 0 radical (unpaired) electrons. The maximum Gasteiger partial charge on any atom is 0.332 e. The third-order valence-electron chi connectivity index (χ3n) is 5.70. The number of aliphatic carboxylic acids is 1. The van der Waals surface area contributed by atoms with Crippen molar-refractivity contribution in [2.75, 3.05) is 20.1 Å². The van der Waals surface area contributed by atoms with Crippen LogP contribution in [0.4, 0.5) is 10.1 Å². The van der Waals surface area contributed by atoms with Gasteiger partial charge in [-0.05, 0) is 49.7 Å². The maximum atomic E-state index is 14.4. The second-order valence-corrected chi connectivity index (χ2v) is 7.70. The molecule has 3 heterocycles. The van der Waals surface area contributed by atoms with Gasteiger partial charge in [-0.1, -0.05) is 20.4 Å². The molecule has 3 aliphatic rings. The lowest BCUT2D eigenvalue weighted by Crippen LogP contribution is -2.45. The molecule has 1 fully saturated rings. The molecule has 4 rings (SSSR count). The van der Waals surface area contributed by atoms with Crippen molar-refractivity contribution in [3.8, 4) is 0 Å². The number of carboxylic acids is 1. The van der Waals surface area contributed by atoms with Crippen LogP contribution in [0.25, 0.3) is 5.70 Å². The highest BCUT2D eigenvalue weighted by Gasteiger charge is 2.28. The second-order valence-electron chi connectivity index (χ2n) is 7.70. The number of nitrogens with zero attached hydrogens (tertiary/aromatic N) is 3. The van der Waals surface area contributed by atoms with Gasteiger partial charge in [0.1, 0.15) is 5.82 Å². The Morgan fingerprint density at radius 1 is 1.31 bits per heavy atom. The van der Waals surface area contributed by atoms with Crippen molar-refractivity contribution in [3.63, 3.8) is 0 Å². The minimum atomic E-state index is -0.986. The molecule has 3 N–H and O–H groups in total. The summed E-state index contributed by atoms with van der Waals surface area (Å²) in [6.45, 7) is 10.3. The average Bonchev–Trinajstić information content (AvgIpc) is 2.82. The number of fused-ring (bicyclic) bond motifs is 1. The van der Waals surface area contributed by atoms with E-state index in [9.17, 15) is 14.3 Å². The van der Waals surface area contributed by atoms with Gasteiger partial charge in [-0.2, -0.15) is 0 Å². The summed E-state index contributed by atoms with van der Waals surface area (Å²) in [4.78, 5) is 20.5. The van der Waals surface area contributed by atoms with Crippen LogP contribution >= 0.6 is 0 Å². The van der Waals surface area contributed by atoms with Gasteiger partial charge in [0.15, 0.2) is 6.04 Å². The predicted molar refractivity (Wildman–Crippen MR) is 126 cm³/mol. The third-order valence-corrected chi connectivity index (χ3v) is 5.70. The number of aliphatic imine (C=N–C) groups is 1. The van der Waals surface area contributed by atoms with Crippen molar-refractivity contribution >= 4 is 23.3 Å². The zero-order valence-electron chi connectivity index (χ0n) is 19.0. The van der Waals surface area contributed by atoms with E-state index >= 15 is 0 Å². The summed E-state index contributed by atoms with van der Waals surface area (Å²) in [5.41, 5.74) is 3.20. The minimum absolute atomic E-state index is 0.249. The highest BCUT2D eigenvalue weighted by Crippen LogP contribution is 2.37. The highest BCUT2D eigenvalue weighted by atomic mass is 19.1. The van der Waals surface area contributed by atoms with Crippen molar-refractivity contribution in [1.29, 1.82) is 0 Å². The van der Waals surface area contributed by atoms with Gasteiger partial charge < -0.3 is 25.5 Å². The Bertz CT molecular complexity index is 963. The number of dihydropyridines is 1. The molecule has 7 nitrogen and oxygen atoms in total. The standard InChI is InChI=1S/C22H26FN5O2.C2H6/c1-14-17-12-16(23)11-15(13-25-18-7-6-8-24-20(18)21(29)30)19(17)26-22(27(14)2)28-9-4-3-5-10-28;1-2/h6-8,11-12,20,24-25H,1,3-5,9-10,13H2,2H3,(H,29,30);1-2H3. The summed E-state index contributed by atoms with van der Waals surface area (Å²) < 4.78 is 14.4. The molecule has 1 atom stereocenters. The molecule has 0 aliphatic carbocycles. The molecular formula is C24H32FN5O2. The van der Waals surface area contributed by atoms with Crippen molar-refractivity contribution in [3.05, 3.63) is 59.7 Å². The fourth-order valence-electron chi connectivity index (χ4n) is 4.05. The van der Waals surface area contributed by atoms with Gasteiger partial charge in [-0.15, -0.1) is 0 Å². The fraction of sp³-hybridized carbons (Fsp3) is 0.417. The van der Waals surface area contributed by atoms with Crippen molar-refractivity contribution < 1.29 is 14.3 Å². The van der Waals surface area contributed by atoms with Crippen LogP contribution in [0.3, 0.4) is 0 Å². The van der Waals surface area contributed by atoms with Crippen molar-refractivity contribution in [2.45, 2.75) is 45.7 Å². The number of carbonyl (C=O) groups is 1. The first kappa shape index (κ1) is 23.4. The molecule has 3 aliphatic heterocycles. The first-order valence-electron chi connectivity index (χ1n) is 11.1. The summed E-state index contributed by atoms with van der Waals surface area (Å²) in [6, 6.07) is 2.04. The molecule has 32 heavy (non-hydrogen) atoms. The largest absolute Gasteiger partial charge is 0.479 e. The number of hydrogen-bond acceptors (Lipinski definition) is 6. The Morgan fingerprint density at radius 2 is 2.03 bits per heavy atom. The van der Waals surface area contributed by atoms with Gasteiger partial charge >= 0.3 is 5.97 Å². The number of rotatable bonds is 4.